The smallest absolute Gasteiger partial charge is 0.131 e. The van der Waals surface area contributed by atoms with Gasteiger partial charge >= 0.3 is 0 Å². The molecule has 3 heteroatoms. The summed E-state index contributed by atoms with van der Waals surface area (Å²) in [6.45, 7) is -0.0280. The van der Waals surface area contributed by atoms with Crippen LogP contribution in [0.5, 0.6) is 0 Å². The van der Waals surface area contributed by atoms with Gasteiger partial charge in [0.05, 0.1) is 6.61 Å². The summed E-state index contributed by atoms with van der Waals surface area (Å²) >= 11 is 0. The van der Waals surface area contributed by atoms with Crippen molar-refractivity contribution in [3.63, 3.8) is 0 Å². The van der Waals surface area contributed by atoms with Gasteiger partial charge in [0.15, 0.2) is 0 Å². The van der Waals surface area contributed by atoms with Crippen LogP contribution in [0.15, 0.2) is 42.5 Å². The topological polar surface area (TPSA) is 29.5 Å². The van der Waals surface area contributed by atoms with E-state index in [0.29, 0.717) is 6.42 Å². The van der Waals surface area contributed by atoms with E-state index < -0.39 is 0 Å². The van der Waals surface area contributed by atoms with E-state index in [1.54, 1.807) is 0 Å². The molecule has 1 aliphatic heterocycles. The van der Waals surface area contributed by atoms with Gasteiger partial charge in [-0.15, -0.1) is 0 Å². The molecule has 1 aliphatic carbocycles. The van der Waals surface area contributed by atoms with Crippen LogP contribution in [0.1, 0.15) is 28.7 Å². The molecule has 0 spiro atoms. The monoisotopic (exact) mass is 282 g/mol. The fourth-order valence-electron chi connectivity index (χ4n) is 3.25. The molecule has 4 rings (SSSR count). The number of hydrogen-bond acceptors (Lipinski definition) is 2. The molecule has 1 heterocycles. The summed E-state index contributed by atoms with van der Waals surface area (Å²) in [5.74, 6) is 0.469. The molecule has 0 radical (unpaired) electrons. The van der Waals surface area contributed by atoms with E-state index in [4.69, 9.17) is 4.74 Å². The zero-order chi connectivity index (χ0) is 14.4. The van der Waals surface area contributed by atoms with Gasteiger partial charge in [0, 0.05) is 17.6 Å². The third-order valence-corrected chi connectivity index (χ3v) is 4.23. The van der Waals surface area contributed by atoms with E-state index >= 15 is 0 Å². The predicted octanol–water partition coefficient (Wildman–Crippen LogP) is 3.38. The number of aliphatic hydroxyl groups excluding tert-OH is 1. The van der Waals surface area contributed by atoms with E-state index in [9.17, 15) is 9.50 Å². The maximum atomic E-state index is 13.7. The van der Waals surface area contributed by atoms with Crippen molar-refractivity contribution in [2.24, 2.45) is 0 Å². The van der Waals surface area contributed by atoms with Crippen molar-refractivity contribution < 1.29 is 14.2 Å². The van der Waals surface area contributed by atoms with E-state index in [-0.39, 0.29) is 18.5 Å². The van der Waals surface area contributed by atoms with Crippen molar-refractivity contribution in [2.75, 3.05) is 6.61 Å². The fraction of sp³-hybridized carbons (Fsp3) is 0.222. The Morgan fingerprint density at radius 2 is 1.90 bits per heavy atom. The summed E-state index contributed by atoms with van der Waals surface area (Å²) in [5.41, 5.74) is 5.33. The van der Waals surface area contributed by atoms with Gasteiger partial charge in [0.2, 0.25) is 0 Å². The molecular weight excluding hydrogens is 267 g/mol. The van der Waals surface area contributed by atoms with Crippen molar-refractivity contribution in [2.45, 2.75) is 18.9 Å². The Morgan fingerprint density at radius 1 is 1.10 bits per heavy atom. The van der Waals surface area contributed by atoms with Crippen LogP contribution in [-0.4, -0.2) is 17.8 Å². The van der Waals surface area contributed by atoms with Crippen molar-refractivity contribution in [1.82, 2.24) is 0 Å². The zero-order valence-corrected chi connectivity index (χ0v) is 11.5. The second-order valence-corrected chi connectivity index (χ2v) is 5.57. The summed E-state index contributed by atoms with van der Waals surface area (Å²) in [6.07, 6.45) is 1.20. The lowest BCUT2D eigenvalue weighted by molar-refractivity contribution is 0.109. The summed E-state index contributed by atoms with van der Waals surface area (Å²) in [7, 11) is 0. The molecule has 2 aliphatic rings. The minimum absolute atomic E-state index is 0.0280. The highest BCUT2D eigenvalue weighted by Gasteiger charge is 2.31. The standard InChI is InChI=1S/C18H15FO2/c19-13-6-5-12-7-11-3-1-2-4-15(11)17-9-14(10-20)21-18(17)16(12)8-13/h1-6,8,14,20H,7,9-10H2/t14-/m1/s1. The van der Waals surface area contributed by atoms with Gasteiger partial charge < -0.3 is 9.84 Å². The number of aliphatic hydroxyl groups is 1. The van der Waals surface area contributed by atoms with Crippen molar-refractivity contribution in [3.05, 3.63) is 70.5 Å². The molecule has 21 heavy (non-hydrogen) atoms. The van der Waals surface area contributed by atoms with Crippen molar-refractivity contribution in [3.8, 4) is 0 Å². The predicted molar refractivity (Wildman–Crippen MR) is 79.0 cm³/mol. The summed E-state index contributed by atoms with van der Waals surface area (Å²) in [4.78, 5) is 0. The SMILES string of the molecule is OC[C@H]1CC2=C(O1)c1cc(F)ccc1Cc1ccccc12. The van der Waals surface area contributed by atoms with Crippen LogP contribution in [0.25, 0.3) is 11.3 Å². The van der Waals surface area contributed by atoms with Gasteiger partial charge in [0.1, 0.15) is 17.7 Å². The molecule has 106 valence electrons. The summed E-state index contributed by atoms with van der Waals surface area (Å²) < 4.78 is 19.6. The van der Waals surface area contributed by atoms with Crippen LogP contribution in [-0.2, 0) is 11.2 Å². The molecule has 2 aromatic rings. The third-order valence-electron chi connectivity index (χ3n) is 4.23. The minimum atomic E-state index is -0.261. The van der Waals surface area contributed by atoms with E-state index in [0.717, 1.165) is 34.4 Å². The van der Waals surface area contributed by atoms with Crippen LogP contribution >= 0.6 is 0 Å². The molecule has 1 N–H and O–H groups in total. The van der Waals surface area contributed by atoms with Crippen LogP contribution < -0.4 is 0 Å². The molecule has 0 aromatic heterocycles. The highest BCUT2D eigenvalue weighted by Crippen LogP contribution is 2.43. The quantitative estimate of drug-likeness (QED) is 0.869. The lowest BCUT2D eigenvalue weighted by Crippen LogP contribution is -2.12. The maximum Gasteiger partial charge on any atom is 0.131 e. The Kier molecular flexibility index (Phi) is 2.82. The van der Waals surface area contributed by atoms with Gasteiger partial charge in [-0.3, -0.25) is 0 Å². The van der Waals surface area contributed by atoms with Gasteiger partial charge in [-0.25, -0.2) is 4.39 Å². The lowest BCUT2D eigenvalue weighted by atomic mass is 9.95. The molecule has 0 saturated carbocycles. The molecule has 0 saturated heterocycles. The molecule has 2 aromatic carbocycles. The van der Waals surface area contributed by atoms with Crippen molar-refractivity contribution in [1.29, 1.82) is 0 Å². The number of benzene rings is 2. The van der Waals surface area contributed by atoms with Crippen LogP contribution in [0.4, 0.5) is 4.39 Å². The molecule has 0 bridgehead atoms. The van der Waals surface area contributed by atoms with E-state index in [1.807, 2.05) is 18.2 Å². The average molecular weight is 282 g/mol. The van der Waals surface area contributed by atoms with Crippen LogP contribution in [0, 0.1) is 5.82 Å². The maximum absolute atomic E-state index is 13.7. The average Bonchev–Trinajstić information content (AvgIpc) is 2.89. The summed E-state index contributed by atoms with van der Waals surface area (Å²) in [5, 5.41) is 9.41. The van der Waals surface area contributed by atoms with E-state index in [1.165, 1.54) is 17.7 Å². The minimum Gasteiger partial charge on any atom is -0.487 e. The first-order valence-corrected chi connectivity index (χ1v) is 7.14. The van der Waals surface area contributed by atoms with Crippen LogP contribution in [0.2, 0.25) is 0 Å². The second-order valence-electron chi connectivity index (χ2n) is 5.57. The number of rotatable bonds is 1. The first kappa shape index (κ1) is 12.6. The Bertz CT molecular complexity index is 749. The van der Waals surface area contributed by atoms with Gasteiger partial charge in [-0.2, -0.15) is 0 Å². The highest BCUT2D eigenvalue weighted by atomic mass is 19.1. The van der Waals surface area contributed by atoms with Crippen LogP contribution in [0.3, 0.4) is 0 Å². The first-order chi connectivity index (χ1) is 10.3. The van der Waals surface area contributed by atoms with Gasteiger partial charge in [0.25, 0.3) is 0 Å². The number of hydrogen-bond donors (Lipinski definition) is 1. The third kappa shape index (κ3) is 1.96. The second kappa shape index (κ2) is 4.71. The molecular formula is C18H15FO2. The Hall–Kier alpha value is -2.13. The lowest BCUT2D eigenvalue weighted by Gasteiger charge is -2.13. The Labute approximate surface area is 122 Å². The normalized spacial score (nSPS) is 19.4. The van der Waals surface area contributed by atoms with E-state index in [2.05, 4.69) is 12.1 Å². The number of fused-ring (bicyclic) bond motifs is 4. The first-order valence-electron chi connectivity index (χ1n) is 7.14. The number of ether oxygens (including phenoxy) is 1. The van der Waals surface area contributed by atoms with Crippen molar-refractivity contribution >= 4 is 11.3 Å². The fourth-order valence-corrected chi connectivity index (χ4v) is 3.25. The Morgan fingerprint density at radius 3 is 2.76 bits per heavy atom. The largest absolute Gasteiger partial charge is 0.487 e. The molecule has 2 nitrogen and oxygen atoms in total. The van der Waals surface area contributed by atoms with Gasteiger partial charge in [-0.1, -0.05) is 30.3 Å². The Balaban J connectivity index is 1.97. The molecule has 0 amide bonds. The molecule has 1 atom stereocenters. The van der Waals surface area contributed by atoms with Gasteiger partial charge in [-0.05, 0) is 35.2 Å². The summed E-state index contributed by atoms with van der Waals surface area (Å²) in [6, 6.07) is 13.1. The zero-order valence-electron chi connectivity index (χ0n) is 11.5. The molecule has 0 fully saturated rings. The highest BCUT2D eigenvalue weighted by molar-refractivity contribution is 5.92. The number of halogens is 1. The molecule has 0 unspecified atom stereocenters.